The SMILES string of the molecule is Cc1ccc(C)c(N2C(=O)/C(=C/c3cc(C)n(C4CCCCC4)c3C)C(=O)NC2=S)c1. The Morgan fingerprint density at radius 3 is 2.45 bits per heavy atom. The summed E-state index contributed by atoms with van der Waals surface area (Å²) in [5.74, 6) is -0.830. The predicted octanol–water partition coefficient (Wildman–Crippen LogP) is 5.06. The minimum absolute atomic E-state index is 0.110. The molecule has 4 rings (SSSR count). The van der Waals surface area contributed by atoms with E-state index in [-0.39, 0.29) is 16.6 Å². The number of anilines is 1. The van der Waals surface area contributed by atoms with Crippen LogP contribution in [0.4, 0.5) is 5.69 Å². The van der Waals surface area contributed by atoms with Gasteiger partial charge in [0.15, 0.2) is 5.11 Å². The molecule has 0 radical (unpaired) electrons. The number of thiocarbonyl (C=S) groups is 1. The number of hydrogen-bond donors (Lipinski definition) is 1. The summed E-state index contributed by atoms with van der Waals surface area (Å²) in [5, 5.41) is 2.82. The lowest BCUT2D eigenvalue weighted by molar-refractivity contribution is -0.122. The van der Waals surface area contributed by atoms with Gasteiger partial charge in [0.05, 0.1) is 5.69 Å². The van der Waals surface area contributed by atoms with E-state index in [2.05, 4.69) is 29.8 Å². The molecule has 2 heterocycles. The molecule has 2 aliphatic rings. The van der Waals surface area contributed by atoms with E-state index in [0.717, 1.165) is 22.4 Å². The summed E-state index contributed by atoms with van der Waals surface area (Å²) in [7, 11) is 0. The fraction of sp³-hybridized carbons (Fsp3) is 0.400. The molecule has 1 aliphatic heterocycles. The molecule has 1 aliphatic carbocycles. The molecule has 1 saturated heterocycles. The molecule has 162 valence electrons. The third-order valence-electron chi connectivity index (χ3n) is 6.47. The number of aromatic nitrogens is 1. The maximum atomic E-state index is 13.4. The number of nitrogens with zero attached hydrogens (tertiary/aromatic N) is 2. The smallest absolute Gasteiger partial charge is 0.270 e. The van der Waals surface area contributed by atoms with Crippen LogP contribution >= 0.6 is 12.2 Å². The minimum Gasteiger partial charge on any atom is -0.346 e. The van der Waals surface area contributed by atoms with Crippen LogP contribution in [0.15, 0.2) is 29.8 Å². The zero-order chi connectivity index (χ0) is 22.3. The average molecular weight is 436 g/mol. The highest BCUT2D eigenvalue weighted by atomic mass is 32.1. The molecule has 2 aromatic rings. The molecule has 0 atom stereocenters. The van der Waals surface area contributed by atoms with Gasteiger partial charge in [0.25, 0.3) is 11.8 Å². The Hall–Kier alpha value is -2.73. The monoisotopic (exact) mass is 435 g/mol. The van der Waals surface area contributed by atoms with Crippen molar-refractivity contribution in [2.45, 2.75) is 65.8 Å². The molecule has 31 heavy (non-hydrogen) atoms. The van der Waals surface area contributed by atoms with E-state index in [9.17, 15) is 9.59 Å². The van der Waals surface area contributed by atoms with Crippen LogP contribution in [-0.4, -0.2) is 21.5 Å². The van der Waals surface area contributed by atoms with E-state index in [1.807, 2.05) is 32.0 Å². The minimum atomic E-state index is -0.445. The molecule has 2 fully saturated rings. The topological polar surface area (TPSA) is 54.3 Å². The van der Waals surface area contributed by atoms with Crippen molar-refractivity contribution in [2.24, 2.45) is 0 Å². The number of carbonyl (C=O) groups excluding carboxylic acids is 2. The second-order valence-corrected chi connectivity index (χ2v) is 9.12. The van der Waals surface area contributed by atoms with E-state index in [4.69, 9.17) is 12.2 Å². The van der Waals surface area contributed by atoms with E-state index in [1.54, 1.807) is 6.08 Å². The van der Waals surface area contributed by atoms with Crippen LogP contribution in [0.1, 0.15) is 66.2 Å². The van der Waals surface area contributed by atoms with Crippen molar-refractivity contribution >= 4 is 40.9 Å². The van der Waals surface area contributed by atoms with Gasteiger partial charge in [0, 0.05) is 17.4 Å². The van der Waals surface area contributed by atoms with E-state index in [0.29, 0.717) is 11.7 Å². The molecule has 5 nitrogen and oxygen atoms in total. The summed E-state index contributed by atoms with van der Waals surface area (Å²) in [6.07, 6.45) is 7.89. The van der Waals surface area contributed by atoms with Crippen LogP contribution in [0.25, 0.3) is 6.08 Å². The molecule has 1 aromatic carbocycles. The molecular weight excluding hydrogens is 406 g/mol. The van der Waals surface area contributed by atoms with Gasteiger partial charge in [-0.2, -0.15) is 0 Å². The number of rotatable bonds is 3. The normalized spacial score (nSPS) is 19.3. The highest BCUT2D eigenvalue weighted by Gasteiger charge is 2.35. The quantitative estimate of drug-likeness (QED) is 0.417. The lowest BCUT2D eigenvalue weighted by atomic mass is 9.95. The third-order valence-corrected chi connectivity index (χ3v) is 6.76. The first kappa shape index (κ1) is 21.5. The Balaban J connectivity index is 1.73. The van der Waals surface area contributed by atoms with E-state index in [1.165, 1.54) is 42.7 Å². The van der Waals surface area contributed by atoms with E-state index >= 15 is 0 Å². The van der Waals surface area contributed by atoms with E-state index < -0.39 is 5.91 Å². The molecular formula is C25H29N3O2S. The van der Waals surface area contributed by atoms with Gasteiger partial charge in [-0.25, -0.2) is 0 Å². The summed E-state index contributed by atoms with van der Waals surface area (Å²) < 4.78 is 2.38. The highest BCUT2D eigenvalue weighted by Crippen LogP contribution is 2.33. The molecule has 1 aromatic heterocycles. The molecule has 0 spiro atoms. The second-order valence-electron chi connectivity index (χ2n) is 8.74. The highest BCUT2D eigenvalue weighted by molar-refractivity contribution is 7.80. The van der Waals surface area contributed by atoms with Gasteiger partial charge in [0.1, 0.15) is 5.57 Å². The number of amides is 2. The third kappa shape index (κ3) is 3.97. The number of aryl methyl sites for hydroxylation is 3. The van der Waals surface area contributed by atoms with Crippen molar-refractivity contribution in [3.8, 4) is 0 Å². The fourth-order valence-electron chi connectivity index (χ4n) is 4.84. The summed E-state index contributed by atoms with van der Waals surface area (Å²) in [5.41, 5.74) is 5.94. The summed E-state index contributed by atoms with van der Waals surface area (Å²) in [6, 6.07) is 8.44. The summed E-state index contributed by atoms with van der Waals surface area (Å²) >= 11 is 5.36. The van der Waals surface area contributed by atoms with Gasteiger partial charge in [-0.15, -0.1) is 0 Å². The summed E-state index contributed by atoms with van der Waals surface area (Å²) in [4.78, 5) is 27.6. The van der Waals surface area contributed by atoms with Gasteiger partial charge in [-0.1, -0.05) is 31.4 Å². The molecule has 6 heteroatoms. The molecule has 0 bridgehead atoms. The van der Waals surface area contributed by atoms with Crippen molar-refractivity contribution < 1.29 is 9.59 Å². The number of hydrogen-bond acceptors (Lipinski definition) is 3. The lowest BCUT2D eigenvalue weighted by Crippen LogP contribution is -2.54. The second kappa shape index (κ2) is 8.42. The van der Waals surface area contributed by atoms with Crippen LogP contribution in [0.3, 0.4) is 0 Å². The Morgan fingerprint density at radius 2 is 1.74 bits per heavy atom. The zero-order valence-corrected chi connectivity index (χ0v) is 19.4. The van der Waals surface area contributed by atoms with Gasteiger partial charge < -0.3 is 4.57 Å². The van der Waals surface area contributed by atoms with Crippen molar-refractivity contribution in [1.82, 2.24) is 9.88 Å². The van der Waals surface area contributed by atoms with Crippen LogP contribution < -0.4 is 10.2 Å². The molecule has 1 saturated carbocycles. The van der Waals surface area contributed by atoms with Crippen molar-refractivity contribution in [2.75, 3.05) is 4.90 Å². The van der Waals surface area contributed by atoms with Crippen LogP contribution in [0, 0.1) is 27.7 Å². The largest absolute Gasteiger partial charge is 0.346 e. The van der Waals surface area contributed by atoms with Crippen molar-refractivity contribution in [3.63, 3.8) is 0 Å². The first-order valence-electron chi connectivity index (χ1n) is 10.9. The predicted molar refractivity (Wildman–Crippen MR) is 128 cm³/mol. The zero-order valence-electron chi connectivity index (χ0n) is 18.6. The van der Waals surface area contributed by atoms with Gasteiger partial charge >= 0.3 is 0 Å². The fourth-order valence-corrected chi connectivity index (χ4v) is 5.12. The van der Waals surface area contributed by atoms with Crippen molar-refractivity contribution in [3.05, 3.63) is 57.9 Å². The Kier molecular flexibility index (Phi) is 5.84. The maximum absolute atomic E-state index is 13.4. The van der Waals surface area contributed by atoms with Crippen molar-refractivity contribution in [1.29, 1.82) is 0 Å². The maximum Gasteiger partial charge on any atom is 0.270 e. The average Bonchev–Trinajstić information content (AvgIpc) is 3.01. The molecule has 0 unspecified atom stereocenters. The Morgan fingerprint density at radius 1 is 1.03 bits per heavy atom. The number of nitrogens with one attached hydrogen (secondary N) is 1. The number of carbonyl (C=O) groups is 2. The van der Waals surface area contributed by atoms with Gasteiger partial charge in [-0.05, 0) is 87.7 Å². The standard InChI is InChI=1S/C25H29N3O2S/c1-15-10-11-16(2)22(12-15)28-24(30)21(23(29)26-25(28)31)14-19-13-17(3)27(18(19)4)20-8-6-5-7-9-20/h10-14,20H,5-9H2,1-4H3,(H,26,29,31)/b21-14+. The summed E-state index contributed by atoms with van der Waals surface area (Å²) in [6.45, 7) is 8.08. The first-order chi connectivity index (χ1) is 14.8. The molecule has 2 amide bonds. The first-order valence-corrected chi connectivity index (χ1v) is 11.4. The van der Waals surface area contributed by atoms with Gasteiger partial charge in [0.2, 0.25) is 0 Å². The van der Waals surface area contributed by atoms with Crippen LogP contribution in [-0.2, 0) is 9.59 Å². The Labute approximate surface area is 189 Å². The lowest BCUT2D eigenvalue weighted by Gasteiger charge is -2.30. The molecule has 1 N–H and O–H groups in total. The van der Waals surface area contributed by atoms with Gasteiger partial charge in [-0.3, -0.25) is 19.8 Å². The van der Waals surface area contributed by atoms with Crippen LogP contribution in [0.5, 0.6) is 0 Å². The number of benzene rings is 1. The Bertz CT molecular complexity index is 1110. The van der Waals surface area contributed by atoms with Crippen LogP contribution in [0.2, 0.25) is 0 Å².